The number of halogens is 1. The smallest absolute Gasteiger partial charge is 0.251 e. The number of rotatable bonds is 4. The fourth-order valence-electron chi connectivity index (χ4n) is 2.36. The van der Waals surface area contributed by atoms with Crippen LogP contribution in [0.2, 0.25) is 0 Å². The van der Waals surface area contributed by atoms with E-state index in [9.17, 15) is 14.0 Å². The topological polar surface area (TPSA) is 74.8 Å². The van der Waals surface area contributed by atoms with Gasteiger partial charge in [0.15, 0.2) is 5.13 Å². The van der Waals surface area contributed by atoms with Gasteiger partial charge in [0, 0.05) is 16.9 Å². The number of carbonyl (C=O) groups is 1. The number of thiazole rings is 1. The van der Waals surface area contributed by atoms with Gasteiger partial charge in [0.25, 0.3) is 5.56 Å². The van der Waals surface area contributed by atoms with Gasteiger partial charge in [-0.15, -0.1) is 11.3 Å². The molecule has 2 heterocycles. The van der Waals surface area contributed by atoms with Crippen molar-refractivity contribution in [1.29, 1.82) is 0 Å². The van der Waals surface area contributed by atoms with E-state index in [1.54, 1.807) is 12.1 Å². The predicted molar refractivity (Wildman–Crippen MR) is 93.1 cm³/mol. The zero-order chi connectivity index (χ0) is 17.3. The van der Waals surface area contributed by atoms with Crippen LogP contribution < -0.4 is 10.9 Å². The van der Waals surface area contributed by atoms with Crippen LogP contribution in [0.1, 0.15) is 22.6 Å². The average Bonchev–Trinajstić information content (AvgIpc) is 2.83. The number of nitrogens with zero attached hydrogens (tertiary/aromatic N) is 1. The number of H-pyrrole nitrogens is 1. The van der Waals surface area contributed by atoms with Gasteiger partial charge in [0.1, 0.15) is 5.82 Å². The van der Waals surface area contributed by atoms with E-state index in [-0.39, 0.29) is 17.9 Å². The summed E-state index contributed by atoms with van der Waals surface area (Å²) in [5.41, 5.74) is 1.54. The number of aromatic amines is 1. The molecule has 0 aliphatic carbocycles. The molecule has 3 rings (SSSR count). The third-order valence-corrected chi connectivity index (χ3v) is 4.77. The molecule has 1 aromatic carbocycles. The Bertz CT molecular complexity index is 958. The average molecular weight is 345 g/mol. The lowest BCUT2D eigenvalue weighted by Crippen LogP contribution is -2.17. The predicted octanol–water partition coefficient (Wildman–Crippen LogP) is 3.31. The van der Waals surface area contributed by atoms with Gasteiger partial charge in [-0.1, -0.05) is 0 Å². The highest BCUT2D eigenvalue weighted by atomic mass is 32.1. The van der Waals surface area contributed by atoms with Gasteiger partial charge in [-0.25, -0.2) is 9.37 Å². The van der Waals surface area contributed by atoms with Crippen molar-refractivity contribution in [3.05, 3.63) is 56.6 Å². The summed E-state index contributed by atoms with van der Waals surface area (Å²) in [5, 5.41) is 4.05. The monoisotopic (exact) mass is 345 g/mol. The van der Waals surface area contributed by atoms with Crippen molar-refractivity contribution in [2.45, 2.75) is 26.7 Å². The number of benzene rings is 1. The van der Waals surface area contributed by atoms with E-state index in [2.05, 4.69) is 15.3 Å². The number of pyridine rings is 1. The molecule has 5 nitrogen and oxygen atoms in total. The first-order valence-electron chi connectivity index (χ1n) is 7.48. The van der Waals surface area contributed by atoms with Crippen LogP contribution in [0.3, 0.4) is 0 Å². The van der Waals surface area contributed by atoms with Crippen molar-refractivity contribution in [3.8, 4) is 0 Å². The van der Waals surface area contributed by atoms with Gasteiger partial charge in [-0.2, -0.15) is 0 Å². The lowest BCUT2D eigenvalue weighted by molar-refractivity contribution is -0.116. The van der Waals surface area contributed by atoms with Gasteiger partial charge in [-0.05, 0) is 49.9 Å². The molecule has 0 saturated heterocycles. The van der Waals surface area contributed by atoms with Crippen molar-refractivity contribution in [1.82, 2.24) is 9.97 Å². The third-order valence-electron chi connectivity index (χ3n) is 3.78. The molecule has 0 aliphatic rings. The maximum Gasteiger partial charge on any atom is 0.251 e. The van der Waals surface area contributed by atoms with Crippen LogP contribution in [-0.4, -0.2) is 15.9 Å². The van der Waals surface area contributed by atoms with Gasteiger partial charge in [-0.3, -0.25) is 9.59 Å². The second kappa shape index (κ2) is 6.52. The number of aromatic nitrogens is 2. The number of amides is 1. The molecule has 0 spiro atoms. The molecule has 0 radical (unpaired) electrons. The van der Waals surface area contributed by atoms with E-state index in [4.69, 9.17) is 0 Å². The Kier molecular flexibility index (Phi) is 4.44. The molecule has 2 N–H and O–H groups in total. The SMILES string of the molecule is Cc1nc(NC(=O)CCc2cc3ccc(F)cc3[nH]c2=O)sc1C. The van der Waals surface area contributed by atoms with Crippen LogP contribution in [0, 0.1) is 19.7 Å². The lowest BCUT2D eigenvalue weighted by Gasteiger charge is -2.04. The van der Waals surface area contributed by atoms with E-state index in [0.29, 0.717) is 22.6 Å². The Morgan fingerprint density at radius 2 is 2.12 bits per heavy atom. The Balaban J connectivity index is 1.70. The van der Waals surface area contributed by atoms with Crippen molar-refractivity contribution in [2.75, 3.05) is 5.32 Å². The third kappa shape index (κ3) is 3.51. The van der Waals surface area contributed by atoms with E-state index < -0.39 is 5.82 Å². The van der Waals surface area contributed by atoms with E-state index in [0.717, 1.165) is 16.0 Å². The minimum absolute atomic E-state index is 0.174. The van der Waals surface area contributed by atoms with Gasteiger partial charge >= 0.3 is 0 Å². The number of nitrogens with one attached hydrogen (secondary N) is 2. The van der Waals surface area contributed by atoms with E-state index in [1.165, 1.54) is 23.5 Å². The van der Waals surface area contributed by atoms with Gasteiger partial charge in [0.05, 0.1) is 11.2 Å². The summed E-state index contributed by atoms with van der Waals surface area (Å²) in [6.07, 6.45) is 0.477. The van der Waals surface area contributed by atoms with Crippen LogP contribution in [0.5, 0.6) is 0 Å². The molecule has 3 aromatic rings. The molecule has 0 atom stereocenters. The quantitative estimate of drug-likeness (QED) is 0.762. The van der Waals surface area contributed by atoms with Crippen molar-refractivity contribution in [3.63, 3.8) is 0 Å². The molecule has 0 aliphatic heterocycles. The number of hydrogen-bond acceptors (Lipinski definition) is 4. The van der Waals surface area contributed by atoms with Gasteiger partial charge in [0.2, 0.25) is 5.91 Å². The Morgan fingerprint density at radius 3 is 2.83 bits per heavy atom. The molecule has 0 unspecified atom stereocenters. The normalized spacial score (nSPS) is 11.0. The maximum atomic E-state index is 13.2. The van der Waals surface area contributed by atoms with E-state index >= 15 is 0 Å². The summed E-state index contributed by atoms with van der Waals surface area (Å²) in [6, 6.07) is 5.91. The number of carbonyl (C=O) groups excluding carboxylic acids is 1. The first kappa shape index (κ1) is 16.3. The standard InChI is InChI=1S/C17H16FN3O2S/c1-9-10(2)24-17(19-9)21-15(22)6-4-12-7-11-3-5-13(18)8-14(11)20-16(12)23/h3,5,7-8H,4,6H2,1-2H3,(H,20,23)(H,19,21,22). The minimum atomic E-state index is -0.403. The zero-order valence-electron chi connectivity index (χ0n) is 13.3. The summed E-state index contributed by atoms with van der Waals surface area (Å²) in [4.78, 5) is 32.0. The molecule has 0 saturated carbocycles. The second-order valence-electron chi connectivity index (χ2n) is 5.56. The largest absolute Gasteiger partial charge is 0.322 e. The number of aryl methyl sites for hydroxylation is 3. The first-order valence-corrected chi connectivity index (χ1v) is 8.29. The fraction of sp³-hybridized carbons (Fsp3) is 0.235. The number of fused-ring (bicyclic) bond motifs is 1. The molecular weight excluding hydrogens is 329 g/mol. The zero-order valence-corrected chi connectivity index (χ0v) is 14.1. The highest BCUT2D eigenvalue weighted by Crippen LogP contribution is 2.21. The molecule has 1 amide bonds. The van der Waals surface area contributed by atoms with Crippen LogP contribution in [0.25, 0.3) is 10.9 Å². The molecule has 2 aromatic heterocycles. The molecule has 24 heavy (non-hydrogen) atoms. The summed E-state index contributed by atoms with van der Waals surface area (Å²) in [5.74, 6) is -0.596. The minimum Gasteiger partial charge on any atom is -0.322 e. The second-order valence-corrected chi connectivity index (χ2v) is 6.77. The van der Waals surface area contributed by atoms with E-state index in [1.807, 2.05) is 13.8 Å². The lowest BCUT2D eigenvalue weighted by atomic mass is 10.1. The van der Waals surface area contributed by atoms with Crippen LogP contribution in [0.4, 0.5) is 9.52 Å². The van der Waals surface area contributed by atoms with Crippen LogP contribution >= 0.6 is 11.3 Å². The summed E-state index contributed by atoms with van der Waals surface area (Å²) in [7, 11) is 0. The first-order chi connectivity index (χ1) is 11.4. The maximum absolute atomic E-state index is 13.2. The number of anilines is 1. The van der Waals surface area contributed by atoms with Crippen molar-refractivity contribution < 1.29 is 9.18 Å². The fourth-order valence-corrected chi connectivity index (χ4v) is 3.19. The molecule has 7 heteroatoms. The highest BCUT2D eigenvalue weighted by molar-refractivity contribution is 7.15. The van der Waals surface area contributed by atoms with Crippen molar-refractivity contribution in [2.24, 2.45) is 0 Å². The van der Waals surface area contributed by atoms with Gasteiger partial charge < -0.3 is 10.3 Å². The highest BCUT2D eigenvalue weighted by Gasteiger charge is 2.10. The molecule has 124 valence electrons. The Morgan fingerprint density at radius 1 is 1.33 bits per heavy atom. The van der Waals surface area contributed by atoms with Crippen molar-refractivity contribution >= 4 is 33.3 Å². The summed E-state index contributed by atoms with van der Waals surface area (Å²) >= 11 is 1.42. The van der Waals surface area contributed by atoms with Crippen LogP contribution in [-0.2, 0) is 11.2 Å². The molecule has 0 bridgehead atoms. The Hall–Kier alpha value is -2.54. The summed E-state index contributed by atoms with van der Waals surface area (Å²) in [6.45, 7) is 3.83. The number of hydrogen-bond donors (Lipinski definition) is 2. The Labute approximate surface area is 141 Å². The molecule has 0 fully saturated rings. The summed E-state index contributed by atoms with van der Waals surface area (Å²) < 4.78 is 13.2. The van der Waals surface area contributed by atoms with Crippen LogP contribution in [0.15, 0.2) is 29.1 Å². The molecular formula is C17H16FN3O2S.